The minimum Gasteiger partial charge on any atom is -0.496 e. The highest BCUT2D eigenvalue weighted by Gasteiger charge is 2.24. The summed E-state index contributed by atoms with van der Waals surface area (Å²) in [5, 5.41) is 8.10. The van der Waals surface area contributed by atoms with Gasteiger partial charge in [0.25, 0.3) is 0 Å². The summed E-state index contributed by atoms with van der Waals surface area (Å²) in [5.41, 5.74) is 1.77. The zero-order chi connectivity index (χ0) is 21.2. The van der Waals surface area contributed by atoms with Gasteiger partial charge >= 0.3 is 5.97 Å². The molecule has 1 aromatic carbocycles. The predicted molar refractivity (Wildman–Crippen MR) is 106 cm³/mol. The zero-order valence-corrected chi connectivity index (χ0v) is 17.1. The van der Waals surface area contributed by atoms with Crippen LogP contribution in [-0.4, -0.2) is 64.9 Å². The molecule has 160 valence electrons. The van der Waals surface area contributed by atoms with Gasteiger partial charge in [0.1, 0.15) is 11.8 Å². The van der Waals surface area contributed by atoms with Crippen LogP contribution in [0.4, 0.5) is 0 Å². The lowest BCUT2D eigenvalue weighted by Crippen LogP contribution is -2.49. The molecule has 2 bridgehead atoms. The lowest BCUT2D eigenvalue weighted by Gasteiger charge is -2.20. The summed E-state index contributed by atoms with van der Waals surface area (Å²) < 4.78 is 15.7. The number of rotatable bonds is 3. The fourth-order valence-electron chi connectivity index (χ4n) is 3.17. The third-order valence-electron chi connectivity index (χ3n) is 4.70. The molecule has 0 fully saturated rings. The molecule has 2 atom stereocenters. The van der Waals surface area contributed by atoms with Crippen LogP contribution in [-0.2, 0) is 30.3 Å². The molecule has 2 rings (SSSR count). The third kappa shape index (κ3) is 6.43. The molecular weight excluding hydrogens is 378 g/mol. The number of esters is 1. The molecular formula is C20H29N3O6. The van der Waals surface area contributed by atoms with Crippen LogP contribution < -0.4 is 20.7 Å². The number of likely N-dealkylation sites (N-methyl/N-ethyl adjacent to an activating group) is 1. The van der Waals surface area contributed by atoms with Crippen LogP contribution >= 0.6 is 0 Å². The van der Waals surface area contributed by atoms with Crippen molar-refractivity contribution in [1.29, 1.82) is 0 Å². The predicted octanol–water partition coefficient (Wildman–Crippen LogP) is 0.0826. The molecule has 9 nitrogen and oxygen atoms in total. The first-order chi connectivity index (χ1) is 14.0. The molecule has 1 aromatic rings. The van der Waals surface area contributed by atoms with Crippen molar-refractivity contribution in [2.45, 2.75) is 31.3 Å². The topological polar surface area (TPSA) is 115 Å². The number of hydrogen-bond acceptors (Lipinski definition) is 7. The number of carbonyl (C=O) groups is 3. The molecule has 1 aliphatic rings. The molecule has 0 aliphatic carbocycles. The monoisotopic (exact) mass is 407 g/mol. The largest absolute Gasteiger partial charge is 0.496 e. The van der Waals surface area contributed by atoms with Gasteiger partial charge in [-0.2, -0.15) is 0 Å². The number of ether oxygens (including phenoxy) is 3. The number of benzene rings is 1. The van der Waals surface area contributed by atoms with Crippen molar-refractivity contribution >= 4 is 17.8 Å². The van der Waals surface area contributed by atoms with Gasteiger partial charge in [0.2, 0.25) is 11.8 Å². The number of aryl methyl sites for hydroxylation is 1. The fourth-order valence-corrected chi connectivity index (χ4v) is 3.17. The van der Waals surface area contributed by atoms with Gasteiger partial charge in [-0.25, -0.2) is 4.79 Å². The first kappa shape index (κ1) is 22.6. The molecule has 0 radical (unpaired) electrons. The average Bonchev–Trinajstić information content (AvgIpc) is 2.73. The molecule has 1 aliphatic heterocycles. The minimum absolute atomic E-state index is 0.00427. The van der Waals surface area contributed by atoms with E-state index in [9.17, 15) is 14.4 Å². The van der Waals surface area contributed by atoms with Crippen LogP contribution in [0.2, 0.25) is 0 Å². The number of nitrogens with one attached hydrogen (secondary N) is 3. The molecule has 2 unspecified atom stereocenters. The molecule has 2 amide bonds. The molecule has 29 heavy (non-hydrogen) atoms. The highest BCUT2D eigenvalue weighted by Crippen LogP contribution is 2.25. The van der Waals surface area contributed by atoms with E-state index in [1.165, 1.54) is 7.11 Å². The lowest BCUT2D eigenvalue weighted by molar-refractivity contribution is -0.146. The van der Waals surface area contributed by atoms with E-state index in [1.807, 2.05) is 18.2 Å². The fraction of sp³-hybridized carbons (Fsp3) is 0.550. The Bertz CT molecular complexity index is 724. The number of hydrogen-bond donors (Lipinski definition) is 3. The van der Waals surface area contributed by atoms with Crippen molar-refractivity contribution in [3.05, 3.63) is 29.3 Å². The van der Waals surface area contributed by atoms with Crippen molar-refractivity contribution in [2.75, 3.05) is 41.0 Å². The van der Waals surface area contributed by atoms with E-state index in [2.05, 4.69) is 16.0 Å². The molecule has 0 spiro atoms. The maximum Gasteiger partial charge on any atom is 0.330 e. The smallest absolute Gasteiger partial charge is 0.330 e. The van der Waals surface area contributed by atoms with Crippen molar-refractivity contribution < 1.29 is 28.6 Å². The Labute approximate surface area is 170 Å². The maximum atomic E-state index is 12.6. The Hall–Kier alpha value is -2.65. The first-order valence-electron chi connectivity index (χ1n) is 9.56. The van der Waals surface area contributed by atoms with Crippen molar-refractivity contribution in [3.8, 4) is 5.75 Å². The molecule has 0 saturated carbocycles. The highest BCUT2D eigenvalue weighted by atomic mass is 16.5. The molecule has 1 heterocycles. The lowest BCUT2D eigenvalue weighted by atomic mass is 9.99. The van der Waals surface area contributed by atoms with Crippen LogP contribution in [0.5, 0.6) is 5.75 Å². The van der Waals surface area contributed by atoms with Gasteiger partial charge in [-0.3, -0.25) is 9.59 Å². The number of carbonyl (C=O) groups excluding carboxylic acids is 3. The second-order valence-corrected chi connectivity index (χ2v) is 6.69. The van der Waals surface area contributed by atoms with E-state index in [-0.39, 0.29) is 19.1 Å². The van der Waals surface area contributed by atoms with E-state index in [4.69, 9.17) is 14.2 Å². The zero-order valence-electron chi connectivity index (χ0n) is 17.1. The maximum absolute atomic E-state index is 12.6. The minimum atomic E-state index is -0.926. The summed E-state index contributed by atoms with van der Waals surface area (Å²) in [7, 11) is 4.53. The molecule has 3 N–H and O–H groups in total. The Balaban J connectivity index is 2.22. The number of methoxy groups -OCH3 is 2. The Morgan fingerprint density at radius 2 is 2.03 bits per heavy atom. The van der Waals surface area contributed by atoms with Crippen LogP contribution in [0, 0.1) is 0 Å². The van der Waals surface area contributed by atoms with Crippen LogP contribution in [0.3, 0.4) is 0 Å². The SMILES string of the molecule is CNC1C(=O)NCC(=O)NC(C(=O)OC)COCCCCc2cc1ccc2OC. The first-order valence-corrected chi connectivity index (χ1v) is 9.56. The van der Waals surface area contributed by atoms with Gasteiger partial charge in [0.15, 0.2) is 6.04 Å². The summed E-state index contributed by atoms with van der Waals surface area (Å²) in [6.07, 6.45) is 2.37. The molecule has 9 heteroatoms. The average molecular weight is 407 g/mol. The van der Waals surface area contributed by atoms with Crippen LogP contribution in [0.15, 0.2) is 18.2 Å². The summed E-state index contributed by atoms with van der Waals surface area (Å²) in [6, 6.07) is 4.06. The Morgan fingerprint density at radius 1 is 1.24 bits per heavy atom. The van der Waals surface area contributed by atoms with Crippen molar-refractivity contribution in [2.24, 2.45) is 0 Å². The quantitative estimate of drug-likeness (QED) is 0.608. The van der Waals surface area contributed by atoms with Gasteiger partial charge < -0.3 is 30.2 Å². The van der Waals surface area contributed by atoms with Crippen LogP contribution in [0.1, 0.15) is 30.0 Å². The van der Waals surface area contributed by atoms with E-state index < -0.39 is 24.0 Å². The Morgan fingerprint density at radius 3 is 2.72 bits per heavy atom. The summed E-state index contributed by atoms with van der Waals surface area (Å²) >= 11 is 0. The standard InChI is InChI=1S/C20H29N3O6/c1-21-18-14-7-8-16(27-2)13(10-14)6-4-5-9-29-12-15(20(26)28-3)23-17(24)11-22-19(18)25/h7-8,10,15,18,21H,4-6,9,11-12H2,1-3H3,(H,22,25)(H,23,24). The summed E-state index contributed by atoms with van der Waals surface area (Å²) in [5.74, 6) is -0.693. The van der Waals surface area contributed by atoms with E-state index in [0.717, 1.165) is 36.1 Å². The van der Waals surface area contributed by atoms with Gasteiger partial charge in [-0.1, -0.05) is 12.1 Å². The summed E-state index contributed by atoms with van der Waals surface area (Å²) in [6.45, 7) is 0.180. The van der Waals surface area contributed by atoms with Crippen LogP contribution in [0.25, 0.3) is 0 Å². The van der Waals surface area contributed by atoms with Gasteiger partial charge in [0.05, 0.1) is 27.4 Å². The number of amides is 2. The van der Waals surface area contributed by atoms with E-state index in [1.54, 1.807) is 14.2 Å². The third-order valence-corrected chi connectivity index (χ3v) is 4.70. The second-order valence-electron chi connectivity index (χ2n) is 6.69. The Kier molecular flexibility index (Phi) is 8.88. The normalized spacial score (nSPS) is 21.6. The van der Waals surface area contributed by atoms with Gasteiger partial charge in [-0.05, 0) is 43.5 Å². The van der Waals surface area contributed by atoms with Gasteiger partial charge in [-0.15, -0.1) is 0 Å². The highest BCUT2D eigenvalue weighted by molar-refractivity contribution is 5.90. The van der Waals surface area contributed by atoms with Gasteiger partial charge in [0, 0.05) is 6.61 Å². The molecule has 0 saturated heterocycles. The van der Waals surface area contributed by atoms with E-state index >= 15 is 0 Å². The summed E-state index contributed by atoms with van der Waals surface area (Å²) in [4.78, 5) is 36.7. The second kappa shape index (κ2) is 11.4. The van der Waals surface area contributed by atoms with E-state index in [0.29, 0.717) is 6.61 Å². The van der Waals surface area contributed by atoms with Crippen molar-refractivity contribution in [1.82, 2.24) is 16.0 Å². The molecule has 0 aromatic heterocycles. The number of fused-ring (bicyclic) bond motifs is 2. The van der Waals surface area contributed by atoms with Crippen molar-refractivity contribution in [3.63, 3.8) is 0 Å².